The van der Waals surface area contributed by atoms with Crippen molar-refractivity contribution in [1.82, 2.24) is 15.0 Å². The van der Waals surface area contributed by atoms with Gasteiger partial charge in [0.2, 0.25) is 10.6 Å². The first-order chi connectivity index (χ1) is 7.66. The first-order valence-electron chi connectivity index (χ1n) is 5.90. The summed E-state index contributed by atoms with van der Waals surface area (Å²) in [6.45, 7) is 5.70. The Balaban J connectivity index is 2.01. The van der Waals surface area contributed by atoms with Crippen molar-refractivity contribution in [3.8, 4) is 0 Å². The normalized spacial score (nSPS) is 22.9. The molecule has 1 aliphatic rings. The molecule has 4 nitrogen and oxygen atoms in total. The average molecular weight is 288 g/mol. The van der Waals surface area contributed by atoms with Crippen LogP contribution >= 0.6 is 15.9 Å². The van der Waals surface area contributed by atoms with Crippen LogP contribution in [0.5, 0.6) is 0 Å². The molecule has 2 rings (SSSR count). The Morgan fingerprint density at radius 3 is 2.94 bits per heavy atom. The first-order valence-corrected chi connectivity index (χ1v) is 6.70. The van der Waals surface area contributed by atoms with Gasteiger partial charge in [0.25, 0.3) is 0 Å². The molecule has 0 spiro atoms. The second kappa shape index (κ2) is 5.27. The lowest BCUT2D eigenvalue weighted by atomic mass is 9.98. The third-order valence-corrected chi connectivity index (χ3v) is 3.51. The lowest BCUT2D eigenvalue weighted by molar-refractivity contribution is 0.105. The van der Waals surface area contributed by atoms with Crippen LogP contribution < -0.4 is 0 Å². The zero-order valence-corrected chi connectivity index (χ0v) is 11.4. The van der Waals surface area contributed by atoms with Gasteiger partial charge in [-0.25, -0.2) is 0 Å². The summed E-state index contributed by atoms with van der Waals surface area (Å²) < 4.78 is 5.71. The summed E-state index contributed by atoms with van der Waals surface area (Å²) in [4.78, 5) is 6.75. The molecule has 2 heterocycles. The zero-order chi connectivity index (χ0) is 11.5. The highest BCUT2D eigenvalue weighted by Gasteiger charge is 2.26. The summed E-state index contributed by atoms with van der Waals surface area (Å²) in [5, 5.41) is 3.76. The van der Waals surface area contributed by atoms with Gasteiger partial charge < -0.3 is 4.52 Å². The number of likely N-dealkylation sites (tertiary alicyclic amines) is 1. The standard InChI is InChI=1S/C11H18BrN3O/c1-8(2)15-6-4-3-5-9(15)7-10-13-11(12)14-16-10/h8-9H,3-7H2,1-2H3. The molecule has 0 radical (unpaired) electrons. The summed E-state index contributed by atoms with van der Waals surface area (Å²) in [6, 6.07) is 1.15. The van der Waals surface area contributed by atoms with Gasteiger partial charge in [-0.05, 0) is 54.3 Å². The number of nitrogens with zero attached hydrogens (tertiary/aromatic N) is 3. The molecule has 1 atom stereocenters. The van der Waals surface area contributed by atoms with Crippen molar-refractivity contribution in [1.29, 1.82) is 0 Å². The Morgan fingerprint density at radius 2 is 2.31 bits per heavy atom. The predicted molar refractivity (Wildman–Crippen MR) is 65.2 cm³/mol. The van der Waals surface area contributed by atoms with E-state index in [0.717, 1.165) is 12.3 Å². The van der Waals surface area contributed by atoms with Crippen LogP contribution in [0, 0.1) is 0 Å². The minimum absolute atomic E-state index is 0.550. The van der Waals surface area contributed by atoms with Gasteiger partial charge in [-0.3, -0.25) is 4.90 Å². The predicted octanol–water partition coefficient (Wildman–Crippen LogP) is 2.64. The average Bonchev–Trinajstić information content (AvgIpc) is 2.64. The van der Waals surface area contributed by atoms with Crippen molar-refractivity contribution in [2.75, 3.05) is 6.54 Å². The van der Waals surface area contributed by atoms with E-state index in [0.29, 0.717) is 16.8 Å². The summed E-state index contributed by atoms with van der Waals surface area (Å²) in [6.07, 6.45) is 4.72. The molecule has 0 saturated carbocycles. The molecule has 0 bridgehead atoms. The highest BCUT2D eigenvalue weighted by Crippen LogP contribution is 2.22. The number of piperidine rings is 1. The molecule has 16 heavy (non-hydrogen) atoms. The molecule has 1 saturated heterocycles. The number of hydrogen-bond donors (Lipinski definition) is 0. The van der Waals surface area contributed by atoms with Crippen molar-refractivity contribution in [3.05, 3.63) is 10.6 Å². The van der Waals surface area contributed by atoms with Gasteiger partial charge in [-0.1, -0.05) is 6.42 Å². The Morgan fingerprint density at radius 1 is 1.50 bits per heavy atom. The van der Waals surface area contributed by atoms with Crippen LogP contribution in [0.2, 0.25) is 0 Å². The van der Waals surface area contributed by atoms with Crippen molar-refractivity contribution < 1.29 is 4.52 Å². The minimum atomic E-state index is 0.550. The van der Waals surface area contributed by atoms with Crippen LogP contribution in [0.25, 0.3) is 0 Å². The van der Waals surface area contributed by atoms with E-state index < -0.39 is 0 Å². The first kappa shape index (κ1) is 12.0. The van der Waals surface area contributed by atoms with Crippen LogP contribution in [-0.4, -0.2) is 33.7 Å². The molecule has 0 aliphatic carbocycles. The van der Waals surface area contributed by atoms with Crippen molar-refractivity contribution in [3.63, 3.8) is 0 Å². The highest BCUT2D eigenvalue weighted by molar-refractivity contribution is 9.10. The lowest BCUT2D eigenvalue weighted by Gasteiger charge is -2.38. The molecule has 90 valence electrons. The van der Waals surface area contributed by atoms with Gasteiger partial charge in [0.05, 0.1) is 0 Å². The molecule has 1 aromatic heterocycles. The second-order valence-corrected chi connectivity index (χ2v) is 5.35. The van der Waals surface area contributed by atoms with E-state index in [9.17, 15) is 0 Å². The third-order valence-electron chi connectivity index (χ3n) is 3.19. The summed E-state index contributed by atoms with van der Waals surface area (Å²) in [7, 11) is 0. The molecule has 1 aromatic rings. The highest BCUT2D eigenvalue weighted by atomic mass is 79.9. The zero-order valence-electron chi connectivity index (χ0n) is 9.82. The largest absolute Gasteiger partial charge is 0.338 e. The third kappa shape index (κ3) is 2.83. The Bertz CT molecular complexity index is 340. The molecule has 0 N–H and O–H groups in total. The monoisotopic (exact) mass is 287 g/mol. The molecule has 1 aliphatic heterocycles. The summed E-state index contributed by atoms with van der Waals surface area (Å²) in [5.41, 5.74) is 0. The van der Waals surface area contributed by atoms with Gasteiger partial charge in [0.15, 0.2) is 0 Å². The van der Waals surface area contributed by atoms with E-state index >= 15 is 0 Å². The van der Waals surface area contributed by atoms with Crippen LogP contribution in [0.3, 0.4) is 0 Å². The molecule has 1 fully saturated rings. The van der Waals surface area contributed by atoms with Crippen LogP contribution in [0.4, 0.5) is 0 Å². The fraction of sp³-hybridized carbons (Fsp3) is 0.818. The SMILES string of the molecule is CC(C)N1CCCCC1Cc1nc(Br)no1. The molecular weight excluding hydrogens is 270 g/mol. The van der Waals surface area contributed by atoms with E-state index in [1.54, 1.807) is 0 Å². The van der Waals surface area contributed by atoms with Crippen LogP contribution in [0.15, 0.2) is 9.26 Å². The maximum Gasteiger partial charge on any atom is 0.238 e. The fourth-order valence-electron chi connectivity index (χ4n) is 2.44. The van der Waals surface area contributed by atoms with Gasteiger partial charge in [-0.2, -0.15) is 4.98 Å². The maximum atomic E-state index is 5.16. The van der Waals surface area contributed by atoms with Crippen molar-refractivity contribution in [2.45, 2.75) is 51.6 Å². The molecule has 1 unspecified atom stereocenters. The molecule has 0 aromatic carbocycles. The Hall–Kier alpha value is -0.420. The maximum absolute atomic E-state index is 5.16. The minimum Gasteiger partial charge on any atom is -0.338 e. The van der Waals surface area contributed by atoms with E-state index in [1.165, 1.54) is 25.8 Å². The number of rotatable bonds is 3. The molecule has 5 heteroatoms. The summed E-state index contributed by atoms with van der Waals surface area (Å²) >= 11 is 3.21. The second-order valence-electron chi connectivity index (χ2n) is 4.64. The molecule has 0 amide bonds. The Kier molecular flexibility index (Phi) is 3.97. The van der Waals surface area contributed by atoms with E-state index in [1.807, 2.05) is 0 Å². The topological polar surface area (TPSA) is 42.2 Å². The smallest absolute Gasteiger partial charge is 0.238 e. The van der Waals surface area contributed by atoms with Gasteiger partial charge >= 0.3 is 0 Å². The van der Waals surface area contributed by atoms with Crippen molar-refractivity contribution in [2.24, 2.45) is 0 Å². The number of hydrogen-bond acceptors (Lipinski definition) is 4. The van der Waals surface area contributed by atoms with E-state index in [4.69, 9.17) is 4.52 Å². The van der Waals surface area contributed by atoms with Gasteiger partial charge in [-0.15, -0.1) is 0 Å². The van der Waals surface area contributed by atoms with Gasteiger partial charge in [0.1, 0.15) is 0 Å². The van der Waals surface area contributed by atoms with Gasteiger partial charge in [0, 0.05) is 18.5 Å². The summed E-state index contributed by atoms with van der Waals surface area (Å²) in [5.74, 6) is 0.740. The van der Waals surface area contributed by atoms with Crippen LogP contribution in [0.1, 0.15) is 39.0 Å². The van der Waals surface area contributed by atoms with E-state index in [2.05, 4.69) is 44.8 Å². The Labute approximate surface area is 105 Å². The number of aromatic nitrogens is 2. The quantitative estimate of drug-likeness (QED) is 0.857. The lowest BCUT2D eigenvalue weighted by Crippen LogP contribution is -2.45. The molecular formula is C11H18BrN3O. The van der Waals surface area contributed by atoms with E-state index in [-0.39, 0.29) is 0 Å². The van der Waals surface area contributed by atoms with Crippen LogP contribution in [-0.2, 0) is 6.42 Å². The fourth-order valence-corrected chi connectivity index (χ4v) is 2.71. The number of halogens is 1. The van der Waals surface area contributed by atoms with Crippen molar-refractivity contribution >= 4 is 15.9 Å².